The zero-order chi connectivity index (χ0) is 12.1. The molecule has 2 rings (SSSR count). The lowest BCUT2D eigenvalue weighted by Gasteiger charge is -2.11. The van der Waals surface area contributed by atoms with Gasteiger partial charge in [0.1, 0.15) is 18.0 Å². The molecule has 90 valence electrons. The van der Waals surface area contributed by atoms with Crippen molar-refractivity contribution in [3.05, 3.63) is 34.3 Å². The van der Waals surface area contributed by atoms with E-state index in [1.807, 2.05) is 6.07 Å². The number of rotatable bonds is 5. The Bertz CT molecular complexity index is 469. The SMILES string of the molecule is CCc1c(NN)ncnc1NCc1cccs1. The van der Waals surface area contributed by atoms with Crippen molar-refractivity contribution in [1.82, 2.24) is 9.97 Å². The molecule has 0 fully saturated rings. The van der Waals surface area contributed by atoms with Crippen LogP contribution in [0.5, 0.6) is 0 Å². The number of thiophene rings is 1. The van der Waals surface area contributed by atoms with E-state index in [2.05, 4.69) is 39.1 Å². The Hall–Kier alpha value is -1.66. The van der Waals surface area contributed by atoms with Crippen molar-refractivity contribution in [3.8, 4) is 0 Å². The van der Waals surface area contributed by atoms with Crippen LogP contribution >= 0.6 is 11.3 Å². The number of hydrogen-bond donors (Lipinski definition) is 3. The van der Waals surface area contributed by atoms with Gasteiger partial charge >= 0.3 is 0 Å². The Morgan fingerprint density at radius 2 is 2.18 bits per heavy atom. The first-order chi connectivity index (χ1) is 8.35. The van der Waals surface area contributed by atoms with Gasteiger partial charge in [0.25, 0.3) is 0 Å². The maximum atomic E-state index is 5.42. The summed E-state index contributed by atoms with van der Waals surface area (Å²) in [7, 11) is 0. The van der Waals surface area contributed by atoms with Crippen LogP contribution in [0.2, 0.25) is 0 Å². The number of nitrogen functional groups attached to an aromatic ring is 1. The summed E-state index contributed by atoms with van der Waals surface area (Å²) in [4.78, 5) is 9.60. The van der Waals surface area contributed by atoms with Crippen LogP contribution in [0.3, 0.4) is 0 Å². The van der Waals surface area contributed by atoms with Gasteiger partial charge in [-0.2, -0.15) is 0 Å². The first-order valence-electron chi connectivity index (χ1n) is 5.42. The predicted molar refractivity (Wildman–Crippen MR) is 70.9 cm³/mol. The molecule has 0 bridgehead atoms. The van der Waals surface area contributed by atoms with Crippen molar-refractivity contribution in [3.63, 3.8) is 0 Å². The molecule has 5 nitrogen and oxygen atoms in total. The summed E-state index contributed by atoms with van der Waals surface area (Å²) in [5.74, 6) is 6.93. The van der Waals surface area contributed by atoms with Crippen LogP contribution in [0.4, 0.5) is 11.6 Å². The minimum atomic E-state index is 0.677. The Kier molecular flexibility index (Phi) is 3.89. The summed E-state index contributed by atoms with van der Waals surface area (Å²) in [5.41, 5.74) is 3.60. The monoisotopic (exact) mass is 249 g/mol. The Morgan fingerprint density at radius 1 is 1.35 bits per heavy atom. The average molecular weight is 249 g/mol. The van der Waals surface area contributed by atoms with Crippen molar-refractivity contribution in [2.75, 3.05) is 10.7 Å². The normalized spacial score (nSPS) is 10.2. The van der Waals surface area contributed by atoms with Gasteiger partial charge in [0, 0.05) is 10.4 Å². The predicted octanol–water partition coefficient (Wildman–Crippen LogP) is 2.00. The van der Waals surface area contributed by atoms with E-state index in [1.54, 1.807) is 11.3 Å². The van der Waals surface area contributed by atoms with E-state index in [4.69, 9.17) is 5.84 Å². The first-order valence-corrected chi connectivity index (χ1v) is 6.29. The van der Waals surface area contributed by atoms with Crippen molar-refractivity contribution >= 4 is 23.0 Å². The van der Waals surface area contributed by atoms with Crippen molar-refractivity contribution < 1.29 is 0 Å². The number of nitrogens with one attached hydrogen (secondary N) is 2. The van der Waals surface area contributed by atoms with Gasteiger partial charge in [0.2, 0.25) is 0 Å². The van der Waals surface area contributed by atoms with Crippen LogP contribution in [-0.4, -0.2) is 9.97 Å². The zero-order valence-corrected chi connectivity index (χ0v) is 10.4. The lowest BCUT2D eigenvalue weighted by atomic mass is 10.2. The van der Waals surface area contributed by atoms with Gasteiger partial charge in [-0.25, -0.2) is 15.8 Å². The van der Waals surface area contributed by atoms with Crippen LogP contribution in [0, 0.1) is 0 Å². The summed E-state index contributed by atoms with van der Waals surface area (Å²) in [6.07, 6.45) is 2.33. The number of hydrogen-bond acceptors (Lipinski definition) is 6. The van der Waals surface area contributed by atoms with Crippen LogP contribution in [-0.2, 0) is 13.0 Å². The Balaban J connectivity index is 2.14. The molecule has 0 aliphatic heterocycles. The average Bonchev–Trinajstić information content (AvgIpc) is 2.88. The molecule has 6 heteroatoms. The third kappa shape index (κ3) is 2.72. The maximum absolute atomic E-state index is 5.42. The molecule has 0 atom stereocenters. The molecule has 0 unspecified atom stereocenters. The smallest absolute Gasteiger partial charge is 0.148 e. The van der Waals surface area contributed by atoms with E-state index in [1.165, 1.54) is 11.2 Å². The molecule has 2 heterocycles. The lowest BCUT2D eigenvalue weighted by molar-refractivity contribution is 1.01. The second-order valence-electron chi connectivity index (χ2n) is 3.48. The molecular formula is C11H15N5S. The molecule has 0 spiro atoms. The number of anilines is 2. The lowest BCUT2D eigenvalue weighted by Crippen LogP contribution is -2.13. The number of nitrogens with two attached hydrogens (primary N) is 1. The van der Waals surface area contributed by atoms with Gasteiger partial charge in [-0.15, -0.1) is 11.3 Å². The van der Waals surface area contributed by atoms with Gasteiger partial charge in [-0.05, 0) is 17.9 Å². The van der Waals surface area contributed by atoms with E-state index >= 15 is 0 Å². The fourth-order valence-corrected chi connectivity index (χ4v) is 2.25. The first kappa shape index (κ1) is 11.8. The highest BCUT2D eigenvalue weighted by atomic mass is 32.1. The van der Waals surface area contributed by atoms with Crippen LogP contribution in [0.15, 0.2) is 23.8 Å². The third-order valence-electron chi connectivity index (χ3n) is 2.45. The van der Waals surface area contributed by atoms with E-state index < -0.39 is 0 Å². The molecule has 2 aromatic heterocycles. The highest BCUT2D eigenvalue weighted by molar-refractivity contribution is 7.09. The molecule has 2 aromatic rings. The van der Waals surface area contributed by atoms with E-state index in [0.717, 1.165) is 24.3 Å². The summed E-state index contributed by atoms with van der Waals surface area (Å²) in [6.45, 7) is 2.82. The standard InChI is InChI=1S/C11H15N5S/c1-2-9-10(14-7-15-11(9)16-12)13-6-8-4-3-5-17-8/h3-5,7H,2,6,12H2,1H3,(H2,13,14,15,16). The molecule has 0 aliphatic carbocycles. The second kappa shape index (κ2) is 5.60. The molecular weight excluding hydrogens is 234 g/mol. The van der Waals surface area contributed by atoms with Crippen LogP contribution in [0.1, 0.15) is 17.4 Å². The Morgan fingerprint density at radius 3 is 2.82 bits per heavy atom. The number of nitrogens with zero attached hydrogens (tertiary/aromatic N) is 2. The second-order valence-corrected chi connectivity index (χ2v) is 4.51. The largest absolute Gasteiger partial charge is 0.365 e. The van der Waals surface area contributed by atoms with Gasteiger partial charge < -0.3 is 10.7 Å². The fraction of sp³-hybridized carbons (Fsp3) is 0.273. The number of hydrazine groups is 1. The Labute approximate surface area is 104 Å². The highest BCUT2D eigenvalue weighted by Gasteiger charge is 2.08. The number of aromatic nitrogens is 2. The van der Waals surface area contributed by atoms with Crippen LogP contribution in [0.25, 0.3) is 0 Å². The molecule has 17 heavy (non-hydrogen) atoms. The molecule has 0 aromatic carbocycles. The molecule has 0 radical (unpaired) electrons. The van der Waals surface area contributed by atoms with E-state index in [-0.39, 0.29) is 0 Å². The van der Waals surface area contributed by atoms with E-state index in [0.29, 0.717) is 5.82 Å². The van der Waals surface area contributed by atoms with Crippen molar-refractivity contribution in [2.24, 2.45) is 5.84 Å². The van der Waals surface area contributed by atoms with Crippen LogP contribution < -0.4 is 16.6 Å². The van der Waals surface area contributed by atoms with Crippen molar-refractivity contribution in [1.29, 1.82) is 0 Å². The zero-order valence-electron chi connectivity index (χ0n) is 9.60. The molecule has 0 saturated heterocycles. The third-order valence-corrected chi connectivity index (χ3v) is 3.32. The summed E-state index contributed by atoms with van der Waals surface area (Å²) in [5, 5.41) is 5.37. The summed E-state index contributed by atoms with van der Waals surface area (Å²) in [6, 6.07) is 4.13. The minimum absolute atomic E-state index is 0.677. The topological polar surface area (TPSA) is 75.9 Å². The van der Waals surface area contributed by atoms with Gasteiger partial charge in [-0.1, -0.05) is 13.0 Å². The van der Waals surface area contributed by atoms with Crippen molar-refractivity contribution in [2.45, 2.75) is 19.9 Å². The minimum Gasteiger partial charge on any atom is -0.365 e. The molecule has 0 amide bonds. The maximum Gasteiger partial charge on any atom is 0.148 e. The van der Waals surface area contributed by atoms with Gasteiger partial charge in [0.15, 0.2) is 0 Å². The molecule has 0 saturated carbocycles. The summed E-state index contributed by atoms with van der Waals surface area (Å²) < 4.78 is 0. The van der Waals surface area contributed by atoms with E-state index in [9.17, 15) is 0 Å². The highest BCUT2D eigenvalue weighted by Crippen LogP contribution is 2.20. The van der Waals surface area contributed by atoms with Gasteiger partial charge in [0.05, 0.1) is 6.54 Å². The quantitative estimate of drug-likeness (QED) is 0.558. The molecule has 0 aliphatic rings. The van der Waals surface area contributed by atoms with Gasteiger partial charge in [-0.3, -0.25) is 0 Å². The molecule has 4 N–H and O–H groups in total. The fourth-order valence-electron chi connectivity index (χ4n) is 1.61. The summed E-state index contributed by atoms with van der Waals surface area (Å²) >= 11 is 1.72.